The lowest BCUT2D eigenvalue weighted by atomic mass is 9.94. The maximum Gasteiger partial charge on any atom is 0.172 e. The number of hydrogen-bond acceptors (Lipinski definition) is 4. The summed E-state index contributed by atoms with van der Waals surface area (Å²) in [6.07, 6.45) is 8.68. The highest BCUT2D eigenvalue weighted by Crippen LogP contribution is 2.27. The molecule has 0 atom stereocenters. The Bertz CT molecular complexity index is 1020. The van der Waals surface area contributed by atoms with Gasteiger partial charge in [-0.15, -0.1) is 0 Å². The SMILES string of the molecule is CN(Cc1cnc(SCCN(C)C2CCCCC2)n1-c1ccc(Cl)cc1)c1ccc(F)cc1. The molecule has 0 radical (unpaired) electrons. The molecule has 4 rings (SSSR count). The van der Waals surface area contributed by atoms with Gasteiger partial charge in [-0.3, -0.25) is 4.57 Å². The second-order valence-corrected chi connectivity index (χ2v) is 10.3. The number of aromatic nitrogens is 2. The van der Waals surface area contributed by atoms with Gasteiger partial charge in [0.15, 0.2) is 5.16 Å². The molecule has 1 saturated carbocycles. The van der Waals surface area contributed by atoms with Crippen LogP contribution in [0.3, 0.4) is 0 Å². The average molecular weight is 487 g/mol. The number of anilines is 1. The molecular formula is C26H32ClFN4S. The van der Waals surface area contributed by atoms with Gasteiger partial charge in [0.2, 0.25) is 0 Å². The van der Waals surface area contributed by atoms with E-state index in [1.54, 1.807) is 23.9 Å². The highest BCUT2D eigenvalue weighted by molar-refractivity contribution is 7.99. The van der Waals surface area contributed by atoms with Crippen LogP contribution in [-0.4, -0.2) is 46.9 Å². The van der Waals surface area contributed by atoms with Crippen molar-refractivity contribution >= 4 is 29.1 Å². The van der Waals surface area contributed by atoms with Gasteiger partial charge in [0, 0.05) is 41.8 Å². The van der Waals surface area contributed by atoms with Crippen molar-refractivity contribution in [3.63, 3.8) is 0 Å². The van der Waals surface area contributed by atoms with Gasteiger partial charge in [-0.2, -0.15) is 0 Å². The molecule has 0 unspecified atom stereocenters. The van der Waals surface area contributed by atoms with Gasteiger partial charge in [0.05, 0.1) is 18.4 Å². The maximum atomic E-state index is 13.3. The Hall–Kier alpha value is -2.02. The third kappa shape index (κ3) is 6.31. The monoisotopic (exact) mass is 486 g/mol. The number of thioether (sulfide) groups is 1. The van der Waals surface area contributed by atoms with E-state index >= 15 is 0 Å². The van der Waals surface area contributed by atoms with Crippen LogP contribution in [0, 0.1) is 5.82 Å². The summed E-state index contributed by atoms with van der Waals surface area (Å²) in [5.41, 5.74) is 3.08. The molecule has 2 aromatic carbocycles. The fourth-order valence-corrected chi connectivity index (χ4v) is 5.63. The summed E-state index contributed by atoms with van der Waals surface area (Å²) in [5.74, 6) is 0.764. The Kier molecular flexibility index (Phi) is 8.34. The summed E-state index contributed by atoms with van der Waals surface area (Å²) in [6.45, 7) is 1.71. The number of imidazole rings is 1. The first-order valence-corrected chi connectivity index (χ1v) is 13.0. The molecule has 4 nitrogen and oxygen atoms in total. The van der Waals surface area contributed by atoms with E-state index in [1.807, 2.05) is 37.5 Å². The Balaban J connectivity index is 1.49. The Labute approximate surface area is 205 Å². The van der Waals surface area contributed by atoms with Gasteiger partial charge >= 0.3 is 0 Å². The fourth-order valence-electron chi connectivity index (χ4n) is 4.46. The fraction of sp³-hybridized carbons (Fsp3) is 0.423. The molecule has 1 aliphatic carbocycles. The Morgan fingerprint density at radius 1 is 1.03 bits per heavy atom. The zero-order valence-electron chi connectivity index (χ0n) is 19.4. The highest BCUT2D eigenvalue weighted by atomic mass is 35.5. The molecule has 7 heteroatoms. The second kappa shape index (κ2) is 11.4. The number of nitrogens with zero attached hydrogens (tertiary/aromatic N) is 4. The van der Waals surface area contributed by atoms with Gasteiger partial charge in [0.1, 0.15) is 5.82 Å². The van der Waals surface area contributed by atoms with Gasteiger partial charge in [-0.1, -0.05) is 42.6 Å². The molecule has 0 N–H and O–H groups in total. The molecule has 1 heterocycles. The van der Waals surface area contributed by atoms with Crippen molar-refractivity contribution in [3.8, 4) is 5.69 Å². The average Bonchev–Trinajstić information content (AvgIpc) is 3.22. The molecule has 1 fully saturated rings. The summed E-state index contributed by atoms with van der Waals surface area (Å²) in [6, 6.07) is 15.2. The molecule has 1 aromatic heterocycles. The van der Waals surface area contributed by atoms with Crippen LogP contribution < -0.4 is 4.90 Å². The van der Waals surface area contributed by atoms with E-state index in [4.69, 9.17) is 16.6 Å². The van der Waals surface area contributed by atoms with E-state index in [0.29, 0.717) is 11.6 Å². The second-order valence-electron chi connectivity index (χ2n) is 8.80. The van der Waals surface area contributed by atoms with Crippen molar-refractivity contribution in [3.05, 3.63) is 71.3 Å². The molecule has 1 aliphatic rings. The van der Waals surface area contributed by atoms with E-state index < -0.39 is 0 Å². The lowest BCUT2D eigenvalue weighted by molar-refractivity contribution is 0.202. The van der Waals surface area contributed by atoms with E-state index in [0.717, 1.165) is 40.6 Å². The van der Waals surface area contributed by atoms with Crippen LogP contribution in [-0.2, 0) is 6.54 Å². The summed E-state index contributed by atoms with van der Waals surface area (Å²) in [5, 5.41) is 1.70. The van der Waals surface area contributed by atoms with Crippen molar-refractivity contribution < 1.29 is 4.39 Å². The summed E-state index contributed by atoms with van der Waals surface area (Å²) in [4.78, 5) is 9.40. The molecule has 33 heavy (non-hydrogen) atoms. The Morgan fingerprint density at radius 3 is 2.42 bits per heavy atom. The highest BCUT2D eigenvalue weighted by Gasteiger charge is 2.19. The standard InChI is InChI=1S/C26H32ClFN4S/c1-30(22-6-4-3-5-7-22)16-17-33-26-29-18-25(32(26)24-12-8-20(27)9-13-24)19-31(2)23-14-10-21(28)11-15-23/h8-15,18,22H,3-7,16-17,19H2,1-2H3. The number of benzene rings is 2. The first kappa shape index (κ1) is 24.1. The topological polar surface area (TPSA) is 24.3 Å². The van der Waals surface area contributed by atoms with E-state index in [-0.39, 0.29) is 5.82 Å². The number of hydrogen-bond donors (Lipinski definition) is 0. The van der Waals surface area contributed by atoms with Crippen LogP contribution in [0.1, 0.15) is 37.8 Å². The van der Waals surface area contributed by atoms with Crippen LogP contribution in [0.2, 0.25) is 5.02 Å². The normalized spacial score (nSPS) is 14.7. The maximum absolute atomic E-state index is 13.3. The predicted molar refractivity (Wildman–Crippen MR) is 137 cm³/mol. The van der Waals surface area contributed by atoms with Crippen LogP contribution in [0.15, 0.2) is 59.9 Å². The molecule has 0 saturated heterocycles. The van der Waals surface area contributed by atoms with E-state index in [1.165, 1.54) is 44.2 Å². The van der Waals surface area contributed by atoms with E-state index in [9.17, 15) is 4.39 Å². The molecular weight excluding hydrogens is 455 g/mol. The van der Waals surface area contributed by atoms with Crippen molar-refractivity contribution in [1.82, 2.24) is 14.5 Å². The van der Waals surface area contributed by atoms with Crippen LogP contribution in [0.25, 0.3) is 5.69 Å². The summed E-state index contributed by atoms with van der Waals surface area (Å²) >= 11 is 7.94. The number of halogens is 2. The predicted octanol–water partition coefficient (Wildman–Crippen LogP) is 6.66. The zero-order chi connectivity index (χ0) is 23.2. The van der Waals surface area contributed by atoms with Gasteiger partial charge in [-0.25, -0.2) is 9.37 Å². The third-order valence-corrected chi connectivity index (χ3v) is 7.61. The molecule has 0 spiro atoms. The Morgan fingerprint density at radius 2 is 1.73 bits per heavy atom. The molecule has 0 bridgehead atoms. The lowest BCUT2D eigenvalue weighted by Crippen LogP contribution is -2.34. The quantitative estimate of drug-likeness (QED) is 0.316. The minimum absolute atomic E-state index is 0.227. The zero-order valence-corrected chi connectivity index (χ0v) is 21.0. The van der Waals surface area contributed by atoms with Crippen molar-refractivity contribution in [1.29, 1.82) is 0 Å². The van der Waals surface area contributed by atoms with E-state index in [2.05, 4.69) is 21.4 Å². The minimum Gasteiger partial charge on any atom is -0.369 e. The lowest BCUT2D eigenvalue weighted by Gasteiger charge is -2.31. The van der Waals surface area contributed by atoms with Gasteiger partial charge < -0.3 is 9.80 Å². The first-order valence-electron chi connectivity index (χ1n) is 11.6. The van der Waals surface area contributed by atoms with Crippen molar-refractivity contribution in [2.45, 2.75) is 49.8 Å². The summed E-state index contributed by atoms with van der Waals surface area (Å²) in [7, 11) is 4.27. The minimum atomic E-state index is -0.227. The largest absolute Gasteiger partial charge is 0.369 e. The van der Waals surface area contributed by atoms with Crippen LogP contribution in [0.4, 0.5) is 10.1 Å². The molecule has 0 amide bonds. The van der Waals surface area contributed by atoms with Crippen molar-refractivity contribution in [2.24, 2.45) is 0 Å². The molecule has 0 aliphatic heterocycles. The summed E-state index contributed by atoms with van der Waals surface area (Å²) < 4.78 is 15.6. The van der Waals surface area contributed by atoms with Gasteiger partial charge in [-0.05, 0) is 68.4 Å². The van der Waals surface area contributed by atoms with Crippen LogP contribution in [0.5, 0.6) is 0 Å². The third-order valence-electron chi connectivity index (χ3n) is 6.43. The number of rotatable bonds is 9. The molecule has 3 aromatic rings. The van der Waals surface area contributed by atoms with Crippen LogP contribution >= 0.6 is 23.4 Å². The smallest absolute Gasteiger partial charge is 0.172 e. The molecule has 176 valence electrons. The van der Waals surface area contributed by atoms with Gasteiger partial charge in [0.25, 0.3) is 0 Å². The first-order chi connectivity index (χ1) is 16.0. The van der Waals surface area contributed by atoms with Crippen molar-refractivity contribution in [2.75, 3.05) is 31.3 Å².